The van der Waals surface area contributed by atoms with E-state index in [1.54, 1.807) is 6.20 Å². The Balaban J connectivity index is 1.40. The van der Waals surface area contributed by atoms with Crippen LogP contribution in [0.2, 0.25) is 0 Å². The molecule has 9 nitrogen and oxygen atoms in total. The van der Waals surface area contributed by atoms with Gasteiger partial charge in [-0.3, -0.25) is 4.79 Å². The van der Waals surface area contributed by atoms with Crippen LogP contribution in [0.3, 0.4) is 0 Å². The molecule has 32 heavy (non-hydrogen) atoms. The summed E-state index contributed by atoms with van der Waals surface area (Å²) in [6, 6.07) is 7.99. The molecule has 1 amide bonds. The number of pyridine rings is 1. The summed E-state index contributed by atoms with van der Waals surface area (Å²) in [5.74, 6) is 0.228. The van der Waals surface area contributed by atoms with Crippen LogP contribution in [-0.4, -0.2) is 54.6 Å². The lowest BCUT2D eigenvalue weighted by molar-refractivity contribution is 0.100. The standard InChI is InChI=1S/C22H24N6O3S/c23-19-18-16(4-6-25-22(18)32-20(19)21(24)29)28-8-1-7-27(9-10-28)13-2-3-14-15(26-30)5-11-31-17(14)12-13/h2-4,6,12,30H,1,5,7-11,23H2,(H2,24,29). The second-order valence-corrected chi connectivity index (χ2v) is 8.87. The summed E-state index contributed by atoms with van der Waals surface area (Å²) in [6.07, 6.45) is 3.31. The van der Waals surface area contributed by atoms with Crippen molar-refractivity contribution >= 4 is 50.2 Å². The smallest absolute Gasteiger partial charge is 0.260 e. The molecule has 0 saturated carbocycles. The van der Waals surface area contributed by atoms with Crippen molar-refractivity contribution in [3.8, 4) is 5.75 Å². The molecule has 0 bridgehead atoms. The molecular weight excluding hydrogens is 428 g/mol. The average molecular weight is 453 g/mol. The Morgan fingerprint density at radius 1 is 1.19 bits per heavy atom. The van der Waals surface area contributed by atoms with Crippen LogP contribution < -0.4 is 26.0 Å². The van der Waals surface area contributed by atoms with E-state index in [4.69, 9.17) is 16.2 Å². The Kier molecular flexibility index (Phi) is 5.22. The number of ether oxygens (including phenoxy) is 1. The molecular formula is C22H24N6O3S. The van der Waals surface area contributed by atoms with Crippen molar-refractivity contribution in [2.75, 3.05) is 48.3 Å². The van der Waals surface area contributed by atoms with Crippen LogP contribution >= 0.6 is 11.3 Å². The van der Waals surface area contributed by atoms with Gasteiger partial charge in [0.1, 0.15) is 15.5 Å². The van der Waals surface area contributed by atoms with Crippen molar-refractivity contribution in [3.05, 3.63) is 40.9 Å². The number of nitrogens with zero attached hydrogens (tertiary/aromatic N) is 4. The SMILES string of the molecule is NC(=O)c1sc2nccc(N3CCCN(c4ccc5c(c4)OCCC5=NO)CC3)c2c1N. The number of carbonyl (C=O) groups excluding carboxylic acids is 1. The summed E-state index contributed by atoms with van der Waals surface area (Å²) in [7, 11) is 0. The summed E-state index contributed by atoms with van der Waals surface area (Å²) >= 11 is 1.24. The van der Waals surface area contributed by atoms with Crippen LogP contribution in [-0.2, 0) is 0 Å². The van der Waals surface area contributed by atoms with E-state index in [9.17, 15) is 10.0 Å². The first kappa shape index (κ1) is 20.4. The number of amides is 1. The quantitative estimate of drug-likeness (QED) is 0.411. The van der Waals surface area contributed by atoms with Gasteiger partial charge in [0.15, 0.2) is 0 Å². The molecule has 0 radical (unpaired) electrons. The van der Waals surface area contributed by atoms with Crippen LogP contribution in [0.1, 0.15) is 28.1 Å². The molecule has 1 aromatic carbocycles. The van der Waals surface area contributed by atoms with Gasteiger partial charge in [0.05, 0.1) is 29.1 Å². The number of aromatic nitrogens is 1. The molecule has 1 saturated heterocycles. The number of anilines is 3. The van der Waals surface area contributed by atoms with Crippen LogP contribution in [0.15, 0.2) is 35.6 Å². The molecule has 2 aliphatic heterocycles. The predicted octanol–water partition coefficient (Wildman–Crippen LogP) is 2.65. The molecule has 2 aliphatic rings. The molecule has 166 valence electrons. The van der Waals surface area contributed by atoms with Gasteiger partial charge in [0.25, 0.3) is 5.91 Å². The Bertz CT molecular complexity index is 1220. The maximum Gasteiger partial charge on any atom is 0.260 e. The molecule has 1 fully saturated rings. The minimum Gasteiger partial charge on any atom is -0.492 e. The topological polar surface area (TPSA) is 130 Å². The Labute approximate surface area is 188 Å². The maximum atomic E-state index is 11.7. The molecule has 2 aromatic heterocycles. The number of oxime groups is 1. The lowest BCUT2D eigenvalue weighted by atomic mass is 10.0. The van der Waals surface area contributed by atoms with Crippen molar-refractivity contribution in [2.45, 2.75) is 12.8 Å². The minimum atomic E-state index is -0.525. The van der Waals surface area contributed by atoms with E-state index in [0.717, 1.165) is 65.5 Å². The highest BCUT2D eigenvalue weighted by Gasteiger charge is 2.24. The van der Waals surface area contributed by atoms with Gasteiger partial charge in [-0.2, -0.15) is 0 Å². The Morgan fingerprint density at radius 3 is 2.81 bits per heavy atom. The van der Waals surface area contributed by atoms with Gasteiger partial charge in [-0.05, 0) is 24.6 Å². The fourth-order valence-electron chi connectivity index (χ4n) is 4.45. The van der Waals surface area contributed by atoms with Gasteiger partial charge in [-0.25, -0.2) is 4.98 Å². The highest BCUT2D eigenvalue weighted by Crippen LogP contribution is 2.39. The van der Waals surface area contributed by atoms with Crippen LogP contribution in [0.4, 0.5) is 17.1 Å². The monoisotopic (exact) mass is 452 g/mol. The lowest BCUT2D eigenvalue weighted by Crippen LogP contribution is -2.31. The molecule has 4 heterocycles. The molecule has 0 aliphatic carbocycles. The summed E-state index contributed by atoms with van der Waals surface area (Å²) < 4.78 is 5.81. The number of nitrogen functional groups attached to an aromatic ring is 1. The van der Waals surface area contributed by atoms with E-state index in [0.29, 0.717) is 29.3 Å². The van der Waals surface area contributed by atoms with Gasteiger partial charge < -0.3 is 31.2 Å². The summed E-state index contributed by atoms with van der Waals surface area (Å²) in [4.78, 5) is 21.9. The van der Waals surface area contributed by atoms with Gasteiger partial charge in [-0.1, -0.05) is 5.16 Å². The number of benzene rings is 1. The number of hydrogen-bond donors (Lipinski definition) is 3. The Hall–Kier alpha value is -3.53. The van der Waals surface area contributed by atoms with Gasteiger partial charge in [0, 0.05) is 56.1 Å². The summed E-state index contributed by atoms with van der Waals surface area (Å²) in [6.45, 7) is 3.88. The second kappa shape index (κ2) is 8.19. The summed E-state index contributed by atoms with van der Waals surface area (Å²) in [5.41, 5.74) is 15.8. The minimum absolute atomic E-state index is 0.358. The normalized spacial score (nSPS) is 17.8. The number of carbonyl (C=O) groups is 1. The molecule has 10 heteroatoms. The largest absolute Gasteiger partial charge is 0.492 e. The van der Waals surface area contributed by atoms with E-state index in [2.05, 4.69) is 26.0 Å². The fraction of sp³-hybridized carbons (Fsp3) is 0.318. The van der Waals surface area contributed by atoms with Crippen molar-refractivity contribution in [1.82, 2.24) is 4.98 Å². The van der Waals surface area contributed by atoms with Gasteiger partial charge >= 0.3 is 0 Å². The number of rotatable bonds is 3. The highest BCUT2D eigenvalue weighted by atomic mass is 32.1. The molecule has 5 N–H and O–H groups in total. The first-order valence-corrected chi connectivity index (χ1v) is 11.3. The fourth-order valence-corrected chi connectivity index (χ4v) is 5.39. The van der Waals surface area contributed by atoms with Crippen LogP contribution in [0, 0.1) is 0 Å². The number of hydrogen-bond acceptors (Lipinski definition) is 9. The zero-order valence-corrected chi connectivity index (χ0v) is 18.3. The van der Waals surface area contributed by atoms with Crippen molar-refractivity contribution < 1.29 is 14.7 Å². The maximum absolute atomic E-state index is 11.7. The Morgan fingerprint density at radius 2 is 2.00 bits per heavy atom. The van der Waals surface area contributed by atoms with E-state index in [1.165, 1.54) is 11.3 Å². The highest BCUT2D eigenvalue weighted by molar-refractivity contribution is 7.21. The molecule has 5 rings (SSSR count). The average Bonchev–Trinajstić information content (AvgIpc) is 2.98. The number of fused-ring (bicyclic) bond motifs is 2. The van der Waals surface area contributed by atoms with Crippen LogP contribution in [0.25, 0.3) is 10.2 Å². The van der Waals surface area contributed by atoms with Gasteiger partial charge in [-0.15, -0.1) is 11.3 Å². The van der Waals surface area contributed by atoms with Crippen molar-refractivity contribution in [1.29, 1.82) is 0 Å². The molecule has 0 unspecified atom stereocenters. The van der Waals surface area contributed by atoms with E-state index in [1.807, 2.05) is 18.2 Å². The van der Waals surface area contributed by atoms with Crippen molar-refractivity contribution in [2.24, 2.45) is 10.9 Å². The summed E-state index contributed by atoms with van der Waals surface area (Å²) in [5, 5.41) is 13.4. The third kappa shape index (κ3) is 3.46. The lowest BCUT2D eigenvalue weighted by Gasteiger charge is -2.27. The van der Waals surface area contributed by atoms with Gasteiger partial charge in [0.2, 0.25) is 0 Å². The van der Waals surface area contributed by atoms with Crippen LogP contribution in [0.5, 0.6) is 5.75 Å². The third-order valence-corrected chi connectivity index (χ3v) is 7.15. The number of nitrogens with two attached hydrogens (primary N) is 2. The van der Waals surface area contributed by atoms with E-state index >= 15 is 0 Å². The van der Waals surface area contributed by atoms with E-state index < -0.39 is 5.91 Å². The zero-order valence-electron chi connectivity index (χ0n) is 17.5. The molecule has 0 spiro atoms. The molecule has 0 atom stereocenters. The zero-order chi connectivity index (χ0) is 22.2. The second-order valence-electron chi connectivity index (χ2n) is 7.87. The predicted molar refractivity (Wildman–Crippen MR) is 126 cm³/mol. The van der Waals surface area contributed by atoms with E-state index in [-0.39, 0.29) is 0 Å². The van der Waals surface area contributed by atoms with Crippen molar-refractivity contribution in [3.63, 3.8) is 0 Å². The molecule has 3 aromatic rings. The first-order valence-electron chi connectivity index (χ1n) is 10.5. The number of primary amides is 1. The number of thiophene rings is 1. The third-order valence-electron chi connectivity index (χ3n) is 6.03. The first-order chi connectivity index (χ1) is 15.6.